The molecular formula is C8H20N2. The van der Waals surface area contributed by atoms with E-state index in [1.54, 1.807) is 0 Å². The summed E-state index contributed by atoms with van der Waals surface area (Å²) < 4.78 is 0. The second-order valence-corrected chi connectivity index (χ2v) is 3.78. The minimum absolute atomic E-state index is 0.224. The lowest BCUT2D eigenvalue weighted by Gasteiger charge is -2.26. The van der Waals surface area contributed by atoms with Crippen molar-refractivity contribution in [2.75, 3.05) is 13.1 Å². The molecule has 2 nitrogen and oxygen atoms in total. The van der Waals surface area contributed by atoms with Gasteiger partial charge in [-0.05, 0) is 12.0 Å². The minimum Gasteiger partial charge on any atom is -0.326 e. The van der Waals surface area contributed by atoms with Crippen LogP contribution in [0.25, 0.3) is 0 Å². The fraction of sp³-hybridized carbons (Fsp3) is 1.00. The Morgan fingerprint density at radius 2 is 1.90 bits per heavy atom. The summed E-state index contributed by atoms with van der Waals surface area (Å²) >= 11 is 0. The Bertz CT molecular complexity index is 83.7. The molecule has 3 N–H and O–H groups in total. The summed E-state index contributed by atoms with van der Waals surface area (Å²) in [5.74, 6) is 0. The number of hydrogen-bond acceptors (Lipinski definition) is 2. The van der Waals surface area contributed by atoms with E-state index in [1.165, 1.54) is 0 Å². The molecule has 62 valence electrons. The fourth-order valence-electron chi connectivity index (χ4n) is 0.606. The van der Waals surface area contributed by atoms with Crippen LogP contribution in [0.2, 0.25) is 0 Å². The van der Waals surface area contributed by atoms with Crippen molar-refractivity contribution in [2.45, 2.75) is 33.7 Å². The van der Waals surface area contributed by atoms with Gasteiger partial charge in [0.2, 0.25) is 0 Å². The molecule has 1 atom stereocenters. The molecule has 2 heteroatoms. The maximum absolute atomic E-state index is 5.87. The molecule has 0 heterocycles. The summed E-state index contributed by atoms with van der Waals surface area (Å²) in [5, 5.41) is 3.23. The third-order valence-electron chi connectivity index (χ3n) is 1.73. The molecule has 0 aromatic carbocycles. The summed E-state index contributed by atoms with van der Waals surface area (Å²) in [6, 6.07) is 0.257. The molecule has 0 aliphatic heterocycles. The minimum atomic E-state index is 0.224. The van der Waals surface area contributed by atoms with Crippen molar-refractivity contribution in [3.8, 4) is 0 Å². The molecule has 0 aromatic heterocycles. The predicted molar refractivity (Wildman–Crippen MR) is 46.0 cm³/mol. The summed E-state index contributed by atoms with van der Waals surface area (Å²) in [4.78, 5) is 0. The van der Waals surface area contributed by atoms with Crippen LogP contribution in [0.4, 0.5) is 0 Å². The summed E-state index contributed by atoms with van der Waals surface area (Å²) in [7, 11) is 0. The van der Waals surface area contributed by atoms with Crippen LogP contribution in [-0.2, 0) is 0 Å². The van der Waals surface area contributed by atoms with Gasteiger partial charge in [-0.1, -0.05) is 27.7 Å². The van der Waals surface area contributed by atoms with Crippen LogP contribution >= 0.6 is 0 Å². The highest BCUT2D eigenvalue weighted by Gasteiger charge is 2.19. The number of rotatable bonds is 3. The molecule has 0 amide bonds. The van der Waals surface area contributed by atoms with Crippen LogP contribution in [0, 0.1) is 5.41 Å². The van der Waals surface area contributed by atoms with Gasteiger partial charge >= 0.3 is 0 Å². The van der Waals surface area contributed by atoms with Crippen LogP contribution in [0.1, 0.15) is 27.7 Å². The van der Waals surface area contributed by atoms with Crippen LogP contribution < -0.4 is 11.1 Å². The predicted octanol–water partition coefficient (Wildman–Crippen LogP) is 0.969. The van der Waals surface area contributed by atoms with Crippen LogP contribution in [0.5, 0.6) is 0 Å². The first-order chi connectivity index (χ1) is 4.48. The van der Waals surface area contributed by atoms with E-state index in [2.05, 4.69) is 33.0 Å². The maximum atomic E-state index is 5.87. The van der Waals surface area contributed by atoms with Crippen molar-refractivity contribution in [2.24, 2.45) is 11.1 Å². The zero-order valence-electron chi connectivity index (χ0n) is 7.57. The highest BCUT2D eigenvalue weighted by atomic mass is 14.9. The van der Waals surface area contributed by atoms with Gasteiger partial charge in [-0.15, -0.1) is 0 Å². The normalized spacial score (nSPS) is 15.3. The van der Waals surface area contributed by atoms with Crippen LogP contribution in [0.3, 0.4) is 0 Å². The largest absolute Gasteiger partial charge is 0.326 e. The molecule has 0 radical (unpaired) electrons. The van der Waals surface area contributed by atoms with Crippen molar-refractivity contribution >= 4 is 0 Å². The molecular weight excluding hydrogens is 124 g/mol. The lowest BCUT2D eigenvalue weighted by Crippen LogP contribution is -2.43. The molecule has 0 saturated carbocycles. The molecule has 0 aromatic rings. The maximum Gasteiger partial charge on any atom is 0.0214 e. The van der Waals surface area contributed by atoms with Crippen molar-refractivity contribution < 1.29 is 0 Å². The molecule has 0 saturated heterocycles. The van der Waals surface area contributed by atoms with E-state index in [9.17, 15) is 0 Å². The van der Waals surface area contributed by atoms with Crippen molar-refractivity contribution in [3.05, 3.63) is 0 Å². The van der Waals surface area contributed by atoms with Crippen molar-refractivity contribution in [1.82, 2.24) is 5.32 Å². The molecule has 1 unspecified atom stereocenters. The van der Waals surface area contributed by atoms with Gasteiger partial charge in [0.15, 0.2) is 0 Å². The standard InChI is InChI=1S/C8H20N2/c1-5-10-6-7(9)8(2,3)4/h7,10H,5-6,9H2,1-4H3. The topological polar surface area (TPSA) is 38.0 Å². The monoisotopic (exact) mass is 144 g/mol. The second kappa shape index (κ2) is 3.94. The first kappa shape index (κ1) is 9.92. The van der Waals surface area contributed by atoms with E-state index in [1.807, 2.05) is 0 Å². The molecule has 0 rings (SSSR count). The number of likely N-dealkylation sites (N-methyl/N-ethyl adjacent to an activating group) is 1. The number of hydrogen-bond donors (Lipinski definition) is 2. The van der Waals surface area contributed by atoms with Gasteiger partial charge < -0.3 is 11.1 Å². The van der Waals surface area contributed by atoms with Crippen molar-refractivity contribution in [1.29, 1.82) is 0 Å². The van der Waals surface area contributed by atoms with Gasteiger partial charge in [-0.2, -0.15) is 0 Å². The molecule has 0 bridgehead atoms. The average molecular weight is 144 g/mol. The number of nitrogens with one attached hydrogen (secondary N) is 1. The SMILES string of the molecule is CCNCC(N)C(C)(C)C. The smallest absolute Gasteiger partial charge is 0.0214 e. The third kappa shape index (κ3) is 3.85. The van der Waals surface area contributed by atoms with Gasteiger partial charge in [0.05, 0.1) is 0 Å². The third-order valence-corrected chi connectivity index (χ3v) is 1.73. The zero-order valence-corrected chi connectivity index (χ0v) is 7.57. The Morgan fingerprint density at radius 1 is 1.40 bits per heavy atom. The van der Waals surface area contributed by atoms with Gasteiger partial charge in [0.1, 0.15) is 0 Å². The Kier molecular flexibility index (Phi) is 3.91. The van der Waals surface area contributed by atoms with E-state index in [4.69, 9.17) is 5.73 Å². The van der Waals surface area contributed by atoms with Crippen LogP contribution in [-0.4, -0.2) is 19.1 Å². The quantitative estimate of drug-likeness (QED) is 0.619. The van der Waals surface area contributed by atoms with E-state index in [-0.39, 0.29) is 11.5 Å². The zero-order chi connectivity index (χ0) is 8.20. The first-order valence-electron chi connectivity index (χ1n) is 3.94. The highest BCUT2D eigenvalue weighted by molar-refractivity contribution is 4.78. The second-order valence-electron chi connectivity index (χ2n) is 3.78. The van der Waals surface area contributed by atoms with Gasteiger partial charge in [0, 0.05) is 12.6 Å². The molecule has 0 aliphatic rings. The Hall–Kier alpha value is -0.0800. The molecule has 10 heavy (non-hydrogen) atoms. The Morgan fingerprint density at radius 3 is 2.20 bits per heavy atom. The summed E-state index contributed by atoms with van der Waals surface area (Å²) in [5.41, 5.74) is 6.10. The summed E-state index contributed by atoms with van der Waals surface area (Å²) in [6.45, 7) is 10.5. The Balaban J connectivity index is 3.52. The molecule has 0 fully saturated rings. The first-order valence-corrected chi connectivity index (χ1v) is 3.94. The molecule has 0 spiro atoms. The van der Waals surface area contributed by atoms with Crippen molar-refractivity contribution in [3.63, 3.8) is 0 Å². The van der Waals surface area contributed by atoms with Gasteiger partial charge in [-0.3, -0.25) is 0 Å². The highest BCUT2D eigenvalue weighted by Crippen LogP contribution is 2.16. The average Bonchev–Trinajstić information content (AvgIpc) is 1.80. The van der Waals surface area contributed by atoms with Gasteiger partial charge in [0.25, 0.3) is 0 Å². The fourth-order valence-corrected chi connectivity index (χ4v) is 0.606. The Labute approximate surface area is 64.2 Å². The lowest BCUT2D eigenvalue weighted by molar-refractivity contribution is 0.311. The van der Waals surface area contributed by atoms with E-state index in [0.29, 0.717) is 0 Å². The van der Waals surface area contributed by atoms with E-state index in [0.717, 1.165) is 13.1 Å². The summed E-state index contributed by atoms with van der Waals surface area (Å²) in [6.07, 6.45) is 0. The number of nitrogens with two attached hydrogens (primary N) is 1. The van der Waals surface area contributed by atoms with E-state index >= 15 is 0 Å². The van der Waals surface area contributed by atoms with Crippen LogP contribution in [0.15, 0.2) is 0 Å². The van der Waals surface area contributed by atoms with E-state index < -0.39 is 0 Å². The molecule has 0 aliphatic carbocycles. The van der Waals surface area contributed by atoms with Gasteiger partial charge in [-0.25, -0.2) is 0 Å². The lowest BCUT2D eigenvalue weighted by atomic mass is 9.87.